The summed E-state index contributed by atoms with van der Waals surface area (Å²) in [5.41, 5.74) is 3.24. The van der Waals surface area contributed by atoms with Crippen molar-refractivity contribution in [3.63, 3.8) is 0 Å². The first kappa shape index (κ1) is 22.0. The zero-order chi connectivity index (χ0) is 21.7. The Labute approximate surface area is 177 Å². The third-order valence-corrected chi connectivity index (χ3v) is 6.91. The van der Waals surface area contributed by atoms with Crippen LogP contribution in [-0.2, 0) is 20.6 Å². The van der Waals surface area contributed by atoms with E-state index < -0.39 is 10.0 Å². The standard InChI is InChI=1S/C22H27N3O4S/c1-17-12-18(2)14-20(13-17)22(27)23-15-21(26)24-8-10-25(11-9-24)30(28,29)16-19-6-4-3-5-7-19/h3-7,12-14H,8-11,15-16H2,1-2H3,(H,23,27). The Morgan fingerprint density at radius 3 is 2.13 bits per heavy atom. The van der Waals surface area contributed by atoms with Crippen molar-refractivity contribution in [2.45, 2.75) is 19.6 Å². The van der Waals surface area contributed by atoms with Gasteiger partial charge in [0.2, 0.25) is 15.9 Å². The second kappa shape index (κ2) is 9.40. The topological polar surface area (TPSA) is 86.8 Å². The van der Waals surface area contributed by atoms with Gasteiger partial charge in [-0.2, -0.15) is 4.31 Å². The fraction of sp³-hybridized carbons (Fsp3) is 0.364. The molecule has 1 aliphatic heterocycles. The van der Waals surface area contributed by atoms with Crippen LogP contribution in [0.5, 0.6) is 0 Å². The SMILES string of the molecule is Cc1cc(C)cc(C(=O)NCC(=O)N2CCN(S(=O)(=O)Cc3ccccc3)CC2)c1. The van der Waals surface area contributed by atoms with Crippen LogP contribution >= 0.6 is 0 Å². The van der Waals surface area contributed by atoms with E-state index in [4.69, 9.17) is 0 Å². The number of rotatable bonds is 6. The molecule has 3 rings (SSSR count). The van der Waals surface area contributed by atoms with E-state index in [9.17, 15) is 18.0 Å². The molecule has 0 bridgehead atoms. The van der Waals surface area contributed by atoms with E-state index in [1.54, 1.807) is 29.2 Å². The van der Waals surface area contributed by atoms with Crippen LogP contribution in [0.4, 0.5) is 0 Å². The lowest BCUT2D eigenvalue weighted by Gasteiger charge is -2.34. The van der Waals surface area contributed by atoms with Gasteiger partial charge in [0.05, 0.1) is 12.3 Å². The number of aryl methyl sites for hydroxylation is 2. The molecule has 2 aromatic carbocycles. The summed E-state index contributed by atoms with van der Waals surface area (Å²) in [6, 6.07) is 14.6. The van der Waals surface area contributed by atoms with Crippen molar-refractivity contribution in [1.29, 1.82) is 0 Å². The summed E-state index contributed by atoms with van der Waals surface area (Å²) < 4.78 is 26.7. The first-order chi connectivity index (χ1) is 14.2. The van der Waals surface area contributed by atoms with Gasteiger partial charge in [0.15, 0.2) is 0 Å². The highest BCUT2D eigenvalue weighted by atomic mass is 32.2. The van der Waals surface area contributed by atoms with Crippen LogP contribution in [0, 0.1) is 13.8 Å². The zero-order valence-electron chi connectivity index (χ0n) is 17.3. The van der Waals surface area contributed by atoms with Crippen molar-refractivity contribution in [3.05, 3.63) is 70.8 Å². The molecule has 1 fully saturated rings. The Bertz CT molecular complexity index is 994. The molecule has 0 aliphatic carbocycles. The summed E-state index contributed by atoms with van der Waals surface area (Å²) in [5.74, 6) is -0.555. The van der Waals surface area contributed by atoms with Gasteiger partial charge < -0.3 is 10.2 Å². The number of amides is 2. The predicted molar refractivity (Wildman–Crippen MR) is 115 cm³/mol. The van der Waals surface area contributed by atoms with Gasteiger partial charge in [0.25, 0.3) is 5.91 Å². The quantitative estimate of drug-likeness (QED) is 0.757. The van der Waals surface area contributed by atoms with E-state index in [0.29, 0.717) is 18.7 Å². The monoisotopic (exact) mass is 429 g/mol. The summed E-state index contributed by atoms with van der Waals surface area (Å²) in [6.45, 7) is 4.86. The maximum Gasteiger partial charge on any atom is 0.251 e. The molecule has 2 aromatic rings. The maximum atomic E-state index is 12.6. The van der Waals surface area contributed by atoms with Crippen molar-refractivity contribution < 1.29 is 18.0 Å². The molecule has 160 valence electrons. The molecule has 2 amide bonds. The Morgan fingerprint density at radius 2 is 1.53 bits per heavy atom. The summed E-state index contributed by atoms with van der Waals surface area (Å²) in [7, 11) is -3.43. The number of hydrogen-bond acceptors (Lipinski definition) is 4. The first-order valence-corrected chi connectivity index (χ1v) is 11.5. The van der Waals surface area contributed by atoms with Gasteiger partial charge in [-0.25, -0.2) is 8.42 Å². The third kappa shape index (κ3) is 5.67. The van der Waals surface area contributed by atoms with Gasteiger partial charge in [-0.3, -0.25) is 9.59 Å². The molecular formula is C22H27N3O4S. The minimum Gasteiger partial charge on any atom is -0.343 e. The molecule has 0 saturated carbocycles. The van der Waals surface area contributed by atoms with Crippen molar-refractivity contribution in [1.82, 2.24) is 14.5 Å². The van der Waals surface area contributed by atoms with E-state index >= 15 is 0 Å². The number of hydrogen-bond donors (Lipinski definition) is 1. The average Bonchev–Trinajstić information content (AvgIpc) is 2.71. The Hall–Kier alpha value is -2.71. The van der Waals surface area contributed by atoms with Gasteiger partial charge in [-0.05, 0) is 31.5 Å². The van der Waals surface area contributed by atoms with Crippen LogP contribution in [0.15, 0.2) is 48.5 Å². The maximum absolute atomic E-state index is 12.6. The van der Waals surface area contributed by atoms with Gasteiger partial charge in [0.1, 0.15) is 0 Å². The lowest BCUT2D eigenvalue weighted by atomic mass is 10.1. The molecule has 8 heteroatoms. The molecule has 1 saturated heterocycles. The van der Waals surface area contributed by atoms with E-state index in [0.717, 1.165) is 16.7 Å². The Morgan fingerprint density at radius 1 is 0.933 bits per heavy atom. The highest BCUT2D eigenvalue weighted by Crippen LogP contribution is 2.14. The zero-order valence-corrected chi connectivity index (χ0v) is 18.1. The van der Waals surface area contributed by atoms with Gasteiger partial charge in [0, 0.05) is 31.7 Å². The van der Waals surface area contributed by atoms with Gasteiger partial charge >= 0.3 is 0 Å². The number of benzene rings is 2. The number of carbonyl (C=O) groups excluding carboxylic acids is 2. The van der Waals surface area contributed by atoms with Crippen LogP contribution in [0.1, 0.15) is 27.0 Å². The molecule has 0 aromatic heterocycles. The Balaban J connectivity index is 1.49. The van der Waals surface area contributed by atoms with Crippen LogP contribution in [-0.4, -0.2) is 62.2 Å². The van der Waals surface area contributed by atoms with Crippen LogP contribution in [0.2, 0.25) is 0 Å². The normalized spacial score (nSPS) is 15.1. The van der Waals surface area contributed by atoms with Crippen molar-refractivity contribution >= 4 is 21.8 Å². The predicted octanol–water partition coefficient (Wildman–Crippen LogP) is 1.71. The number of piperazine rings is 1. The largest absolute Gasteiger partial charge is 0.343 e. The second-order valence-corrected chi connectivity index (χ2v) is 9.55. The third-order valence-electron chi connectivity index (χ3n) is 5.06. The van der Waals surface area contributed by atoms with Crippen molar-refractivity contribution in [3.8, 4) is 0 Å². The minimum atomic E-state index is -3.43. The highest BCUT2D eigenvalue weighted by Gasteiger charge is 2.29. The van der Waals surface area contributed by atoms with Crippen LogP contribution in [0.25, 0.3) is 0 Å². The van der Waals surface area contributed by atoms with E-state index in [1.807, 2.05) is 38.1 Å². The minimum absolute atomic E-state index is 0.0479. The number of nitrogens with zero attached hydrogens (tertiary/aromatic N) is 2. The molecule has 1 aliphatic rings. The molecule has 0 spiro atoms. The van der Waals surface area contributed by atoms with Crippen LogP contribution in [0.3, 0.4) is 0 Å². The fourth-order valence-corrected chi connectivity index (χ4v) is 5.08. The van der Waals surface area contributed by atoms with Crippen LogP contribution < -0.4 is 5.32 Å². The summed E-state index contributed by atoms with van der Waals surface area (Å²) in [5, 5.41) is 2.66. The molecule has 1 heterocycles. The average molecular weight is 430 g/mol. The molecular weight excluding hydrogens is 402 g/mol. The molecule has 0 atom stereocenters. The summed E-state index contributed by atoms with van der Waals surface area (Å²) in [4.78, 5) is 26.4. The summed E-state index contributed by atoms with van der Waals surface area (Å²) >= 11 is 0. The van der Waals surface area contributed by atoms with Gasteiger partial charge in [-0.1, -0.05) is 47.5 Å². The lowest BCUT2D eigenvalue weighted by Crippen LogP contribution is -2.52. The number of sulfonamides is 1. The van der Waals surface area contributed by atoms with E-state index in [-0.39, 0.29) is 37.2 Å². The molecule has 30 heavy (non-hydrogen) atoms. The lowest BCUT2D eigenvalue weighted by molar-refractivity contribution is -0.131. The van der Waals surface area contributed by atoms with Gasteiger partial charge in [-0.15, -0.1) is 0 Å². The Kier molecular flexibility index (Phi) is 6.89. The summed E-state index contributed by atoms with van der Waals surface area (Å²) in [6.07, 6.45) is 0. The van der Waals surface area contributed by atoms with E-state index in [1.165, 1.54) is 4.31 Å². The molecule has 0 radical (unpaired) electrons. The highest BCUT2D eigenvalue weighted by molar-refractivity contribution is 7.88. The molecule has 7 nitrogen and oxygen atoms in total. The van der Waals surface area contributed by atoms with Crippen molar-refractivity contribution in [2.24, 2.45) is 0 Å². The number of carbonyl (C=O) groups is 2. The molecule has 0 unspecified atom stereocenters. The van der Waals surface area contributed by atoms with E-state index in [2.05, 4.69) is 5.32 Å². The fourth-order valence-electron chi connectivity index (χ4n) is 3.57. The first-order valence-electron chi connectivity index (χ1n) is 9.90. The van der Waals surface area contributed by atoms with Crippen molar-refractivity contribution in [2.75, 3.05) is 32.7 Å². The molecule has 1 N–H and O–H groups in total. The second-order valence-electron chi connectivity index (χ2n) is 7.58. The number of nitrogens with one attached hydrogen (secondary N) is 1. The smallest absolute Gasteiger partial charge is 0.251 e.